The van der Waals surface area contributed by atoms with Crippen molar-refractivity contribution in [2.24, 2.45) is 10.7 Å². The van der Waals surface area contributed by atoms with Crippen LogP contribution in [-0.4, -0.2) is 23.5 Å². The lowest BCUT2D eigenvalue weighted by Gasteiger charge is -2.11. The van der Waals surface area contributed by atoms with E-state index in [1.54, 1.807) is 11.3 Å². The molecule has 1 heterocycles. The molecule has 0 saturated heterocycles. The summed E-state index contributed by atoms with van der Waals surface area (Å²) >= 11 is 7.56. The molecule has 0 unspecified atom stereocenters. The summed E-state index contributed by atoms with van der Waals surface area (Å²) in [7, 11) is 0. The topological polar surface area (TPSA) is 63.3 Å². The molecule has 4 nitrogen and oxygen atoms in total. The van der Waals surface area contributed by atoms with Gasteiger partial charge in [0.25, 0.3) is 0 Å². The molecule has 1 saturated carbocycles. The fourth-order valence-electron chi connectivity index (χ4n) is 2.76. The molecule has 0 spiro atoms. The van der Waals surface area contributed by atoms with Gasteiger partial charge in [-0.25, -0.2) is 4.98 Å². The molecule has 7 heteroatoms. The fraction of sp³-hybridized carbons (Fsp3) is 0.412. The van der Waals surface area contributed by atoms with Crippen molar-refractivity contribution in [3.05, 3.63) is 40.4 Å². The van der Waals surface area contributed by atoms with E-state index in [4.69, 9.17) is 17.3 Å². The molecule has 130 valence electrons. The van der Waals surface area contributed by atoms with Crippen LogP contribution >= 0.6 is 46.9 Å². The Morgan fingerprint density at radius 1 is 1.29 bits per heavy atom. The number of aliphatic imine (C=N–C) groups is 1. The minimum absolute atomic E-state index is 0. The van der Waals surface area contributed by atoms with E-state index in [9.17, 15) is 0 Å². The first-order valence-corrected chi connectivity index (χ1v) is 9.23. The number of hydrogen-bond acceptors (Lipinski definition) is 3. The molecule has 0 radical (unpaired) electrons. The number of nitrogens with one attached hydrogen (secondary N) is 1. The zero-order valence-corrected chi connectivity index (χ0v) is 17.3. The van der Waals surface area contributed by atoms with Gasteiger partial charge in [0, 0.05) is 35.0 Å². The molecule has 1 fully saturated rings. The third-order valence-corrected chi connectivity index (χ3v) is 5.19. The van der Waals surface area contributed by atoms with Gasteiger partial charge in [0.05, 0.1) is 5.69 Å². The molecule has 1 aliphatic carbocycles. The van der Waals surface area contributed by atoms with Crippen LogP contribution in [0.25, 0.3) is 10.6 Å². The Balaban J connectivity index is 0.00000208. The molecule has 0 aliphatic heterocycles. The molecule has 1 aromatic heterocycles. The third kappa shape index (κ3) is 5.60. The van der Waals surface area contributed by atoms with Crippen molar-refractivity contribution in [3.8, 4) is 10.6 Å². The zero-order valence-electron chi connectivity index (χ0n) is 13.4. The van der Waals surface area contributed by atoms with E-state index in [0.717, 1.165) is 27.7 Å². The van der Waals surface area contributed by atoms with E-state index >= 15 is 0 Å². The second-order valence-corrected chi connectivity index (χ2v) is 7.09. The predicted octanol–water partition coefficient (Wildman–Crippen LogP) is 4.47. The number of benzene rings is 1. The van der Waals surface area contributed by atoms with Gasteiger partial charge in [-0.05, 0) is 25.0 Å². The van der Waals surface area contributed by atoms with Gasteiger partial charge in [0.1, 0.15) is 5.01 Å². The van der Waals surface area contributed by atoms with Crippen molar-refractivity contribution in [1.29, 1.82) is 0 Å². The molecular weight excluding hydrogens is 455 g/mol. The molecule has 0 bridgehead atoms. The number of thiazole rings is 1. The summed E-state index contributed by atoms with van der Waals surface area (Å²) < 4.78 is 0. The fourth-order valence-corrected chi connectivity index (χ4v) is 3.75. The molecule has 0 amide bonds. The molecule has 24 heavy (non-hydrogen) atoms. The highest BCUT2D eigenvalue weighted by molar-refractivity contribution is 14.0. The molecule has 3 rings (SSSR count). The minimum atomic E-state index is 0. The second kappa shape index (κ2) is 9.58. The Labute approximate surface area is 168 Å². The lowest BCUT2D eigenvalue weighted by molar-refractivity contribution is 0.625. The Morgan fingerprint density at radius 2 is 2.00 bits per heavy atom. The summed E-state index contributed by atoms with van der Waals surface area (Å²) in [5.41, 5.74) is 8.08. The van der Waals surface area contributed by atoms with Crippen molar-refractivity contribution >= 4 is 52.9 Å². The lowest BCUT2D eigenvalue weighted by Crippen LogP contribution is -2.38. The van der Waals surface area contributed by atoms with E-state index in [1.165, 1.54) is 25.7 Å². The van der Waals surface area contributed by atoms with Crippen molar-refractivity contribution in [2.45, 2.75) is 38.1 Å². The van der Waals surface area contributed by atoms with Crippen LogP contribution in [0.4, 0.5) is 0 Å². The van der Waals surface area contributed by atoms with Gasteiger partial charge in [-0.2, -0.15) is 0 Å². The number of nitrogens with zero attached hydrogens (tertiary/aromatic N) is 2. The summed E-state index contributed by atoms with van der Waals surface area (Å²) in [4.78, 5) is 9.06. The molecule has 0 atom stereocenters. The maximum atomic E-state index is 5.94. The summed E-state index contributed by atoms with van der Waals surface area (Å²) in [6, 6.07) is 8.27. The number of rotatable bonds is 5. The summed E-state index contributed by atoms with van der Waals surface area (Å²) in [5, 5.41) is 7.13. The average Bonchev–Trinajstić information content (AvgIpc) is 3.20. The maximum Gasteiger partial charge on any atom is 0.188 e. The van der Waals surface area contributed by atoms with Crippen LogP contribution < -0.4 is 11.1 Å². The number of aromatic nitrogens is 1. The number of halogens is 2. The van der Waals surface area contributed by atoms with Crippen LogP contribution in [0.15, 0.2) is 34.6 Å². The Hall–Kier alpha value is -0.860. The summed E-state index contributed by atoms with van der Waals surface area (Å²) in [6.45, 7) is 0.662. The van der Waals surface area contributed by atoms with E-state index in [0.29, 0.717) is 18.5 Å². The minimum Gasteiger partial charge on any atom is -0.370 e. The monoisotopic (exact) mass is 476 g/mol. The van der Waals surface area contributed by atoms with Gasteiger partial charge in [0.2, 0.25) is 0 Å². The molecule has 1 aliphatic rings. The zero-order chi connectivity index (χ0) is 16.1. The van der Waals surface area contributed by atoms with Crippen LogP contribution in [0.3, 0.4) is 0 Å². The van der Waals surface area contributed by atoms with Crippen molar-refractivity contribution < 1.29 is 0 Å². The smallest absolute Gasteiger partial charge is 0.188 e. The van der Waals surface area contributed by atoms with Crippen molar-refractivity contribution in [2.75, 3.05) is 6.54 Å². The molecule has 3 N–H and O–H groups in total. The van der Waals surface area contributed by atoms with Crippen molar-refractivity contribution in [1.82, 2.24) is 10.3 Å². The number of guanidine groups is 1. The predicted molar refractivity (Wildman–Crippen MR) is 114 cm³/mol. The SMILES string of the molecule is I.NC(=NCCc1csc(-c2ccc(Cl)cc2)n1)NC1CCCC1. The summed E-state index contributed by atoms with van der Waals surface area (Å²) in [5.74, 6) is 0.560. The third-order valence-electron chi connectivity index (χ3n) is 4.00. The average molecular weight is 477 g/mol. The first-order valence-electron chi connectivity index (χ1n) is 7.97. The second-order valence-electron chi connectivity index (χ2n) is 5.79. The number of nitrogens with two attached hydrogens (primary N) is 1. The lowest BCUT2D eigenvalue weighted by atomic mass is 10.2. The van der Waals surface area contributed by atoms with E-state index in [2.05, 4.69) is 20.7 Å². The Kier molecular flexibility index (Phi) is 7.77. The van der Waals surface area contributed by atoms with Gasteiger partial charge in [-0.15, -0.1) is 35.3 Å². The summed E-state index contributed by atoms with van der Waals surface area (Å²) in [6.07, 6.45) is 5.78. The normalized spacial score (nSPS) is 15.3. The van der Waals surface area contributed by atoms with Crippen LogP contribution in [0.2, 0.25) is 5.02 Å². The van der Waals surface area contributed by atoms with Crippen LogP contribution in [0.5, 0.6) is 0 Å². The largest absolute Gasteiger partial charge is 0.370 e. The van der Waals surface area contributed by atoms with E-state index < -0.39 is 0 Å². The van der Waals surface area contributed by atoms with Gasteiger partial charge in [-0.1, -0.05) is 36.6 Å². The maximum absolute atomic E-state index is 5.94. The molecule has 2 aromatic rings. The molecule has 1 aromatic carbocycles. The van der Waals surface area contributed by atoms with Crippen LogP contribution in [0.1, 0.15) is 31.4 Å². The first-order chi connectivity index (χ1) is 11.2. The van der Waals surface area contributed by atoms with E-state index in [-0.39, 0.29) is 24.0 Å². The molecular formula is C17H22ClIN4S. The van der Waals surface area contributed by atoms with Gasteiger partial charge >= 0.3 is 0 Å². The van der Waals surface area contributed by atoms with Crippen molar-refractivity contribution in [3.63, 3.8) is 0 Å². The van der Waals surface area contributed by atoms with Gasteiger partial charge in [-0.3, -0.25) is 4.99 Å². The highest BCUT2D eigenvalue weighted by Crippen LogP contribution is 2.25. The Bertz CT molecular complexity index is 665. The quantitative estimate of drug-likeness (QED) is 0.380. The Morgan fingerprint density at radius 3 is 2.71 bits per heavy atom. The van der Waals surface area contributed by atoms with Crippen LogP contribution in [0, 0.1) is 0 Å². The van der Waals surface area contributed by atoms with E-state index in [1.807, 2.05) is 24.3 Å². The highest BCUT2D eigenvalue weighted by atomic mass is 127. The number of hydrogen-bond donors (Lipinski definition) is 2. The van der Waals surface area contributed by atoms with Gasteiger partial charge < -0.3 is 11.1 Å². The standard InChI is InChI=1S/C17H21ClN4S.HI/c18-13-7-5-12(6-8-13)16-21-15(11-23-16)9-10-20-17(19)22-14-3-1-2-4-14;/h5-8,11,14H,1-4,9-10H2,(H3,19,20,22);1H. The first kappa shape index (κ1) is 19.5. The van der Waals surface area contributed by atoms with Crippen LogP contribution in [-0.2, 0) is 6.42 Å². The van der Waals surface area contributed by atoms with Gasteiger partial charge in [0.15, 0.2) is 5.96 Å². The highest BCUT2D eigenvalue weighted by Gasteiger charge is 2.14.